The van der Waals surface area contributed by atoms with E-state index in [0.29, 0.717) is 18.7 Å². The second kappa shape index (κ2) is 14.5. The van der Waals surface area contributed by atoms with Crippen LogP contribution in [0.4, 0.5) is 0 Å². The molecule has 0 N–H and O–H groups in total. The quantitative estimate of drug-likeness (QED) is 0.280. The van der Waals surface area contributed by atoms with Crippen molar-refractivity contribution in [1.82, 2.24) is 0 Å². The van der Waals surface area contributed by atoms with E-state index in [9.17, 15) is 0 Å². The third-order valence-electron chi connectivity index (χ3n) is 6.24. The Morgan fingerprint density at radius 2 is 1.67 bits per heavy atom. The molecular formula is C19H46O9Si5. The zero-order valence-corrected chi connectivity index (χ0v) is 27.0. The first-order valence-electron chi connectivity index (χ1n) is 12.2. The Bertz CT molecular complexity index is 549. The number of hydrogen-bond donors (Lipinski definition) is 0. The molecule has 2 aliphatic rings. The maximum absolute atomic E-state index is 6.95. The van der Waals surface area contributed by atoms with Gasteiger partial charge in [-0.2, -0.15) is 0 Å². The van der Waals surface area contributed by atoms with Gasteiger partial charge in [0.15, 0.2) is 15.3 Å². The lowest BCUT2D eigenvalue weighted by molar-refractivity contribution is -0.214. The molecule has 2 saturated heterocycles. The topological polar surface area (TPSA) is 83.1 Å². The molecule has 2 rings (SSSR count). The van der Waals surface area contributed by atoms with Crippen LogP contribution in [0.15, 0.2) is 0 Å². The van der Waals surface area contributed by atoms with Crippen LogP contribution in [0, 0.1) is 0 Å². The van der Waals surface area contributed by atoms with E-state index < -0.39 is 44.3 Å². The van der Waals surface area contributed by atoms with Gasteiger partial charge in [0, 0.05) is 47.0 Å². The van der Waals surface area contributed by atoms with Crippen LogP contribution < -0.4 is 0 Å². The predicted octanol–water partition coefficient (Wildman–Crippen LogP) is 3.23. The number of ether oxygens (including phenoxy) is 2. The van der Waals surface area contributed by atoms with Crippen LogP contribution in [0.2, 0.25) is 50.4 Å². The van der Waals surface area contributed by atoms with E-state index in [0.717, 1.165) is 51.0 Å². The lowest BCUT2D eigenvalue weighted by atomic mass is 10.3. The number of rotatable bonds is 11. The van der Waals surface area contributed by atoms with Gasteiger partial charge in [0.05, 0.1) is 6.61 Å². The maximum atomic E-state index is 6.95. The molecule has 0 saturated carbocycles. The van der Waals surface area contributed by atoms with E-state index in [1.165, 1.54) is 0 Å². The zero-order chi connectivity index (χ0) is 24.4. The number of hydrogen-bond acceptors (Lipinski definition) is 9. The molecule has 2 aliphatic heterocycles. The molecule has 33 heavy (non-hydrogen) atoms. The minimum atomic E-state index is -2.74. The largest absolute Gasteiger partial charge is 0.500 e. The van der Waals surface area contributed by atoms with Crippen molar-refractivity contribution in [3.05, 3.63) is 0 Å². The summed E-state index contributed by atoms with van der Waals surface area (Å²) in [6, 6.07) is 3.36. The van der Waals surface area contributed by atoms with Crippen LogP contribution in [0.1, 0.15) is 25.7 Å². The summed E-state index contributed by atoms with van der Waals surface area (Å²) >= 11 is 0. The highest BCUT2D eigenvalue weighted by atomic mass is 28.5. The molecule has 196 valence electrons. The van der Waals surface area contributed by atoms with Crippen LogP contribution >= 0.6 is 0 Å². The Hall–Kier alpha value is 0.724. The monoisotopic (exact) mass is 558 g/mol. The smallest absolute Gasteiger partial charge is 0.441 e. The van der Waals surface area contributed by atoms with E-state index in [1.807, 2.05) is 0 Å². The average Bonchev–Trinajstić information content (AvgIpc) is 2.72. The molecule has 9 nitrogen and oxygen atoms in total. The van der Waals surface area contributed by atoms with Gasteiger partial charge < -0.3 is 39.5 Å². The van der Waals surface area contributed by atoms with Crippen molar-refractivity contribution < 1.29 is 39.5 Å². The van der Waals surface area contributed by atoms with Crippen LogP contribution in [0.25, 0.3) is 0 Å². The molecule has 0 aromatic heterocycles. The highest BCUT2D eigenvalue weighted by Crippen LogP contribution is 2.31. The fourth-order valence-electron chi connectivity index (χ4n) is 4.23. The Labute approximate surface area is 207 Å². The van der Waals surface area contributed by atoms with Crippen molar-refractivity contribution in [1.29, 1.82) is 0 Å². The van der Waals surface area contributed by atoms with E-state index >= 15 is 0 Å². The first kappa shape index (κ1) is 30.0. The van der Waals surface area contributed by atoms with Crippen LogP contribution in [-0.2, 0) is 39.5 Å². The minimum absolute atomic E-state index is 0.0361. The van der Waals surface area contributed by atoms with Crippen LogP contribution in [0.3, 0.4) is 0 Å². The van der Waals surface area contributed by atoms with Crippen molar-refractivity contribution in [3.8, 4) is 0 Å². The average molecular weight is 559 g/mol. The molecule has 0 aliphatic carbocycles. The van der Waals surface area contributed by atoms with Gasteiger partial charge in [-0.1, -0.05) is 6.42 Å². The second-order valence-corrected chi connectivity index (χ2v) is 24.3. The standard InChI is InChI=1S/C19H46O9Si5/c1-20-33(21-2,22-3)18-17-32(7)27-30(5)26-29(4)15-9-8-13-25-31(6,28-32)16-10-12-23-19-11-14-24-19/h19,29-30H,8-18H2,1-7H3. The molecule has 5 unspecified atom stereocenters. The van der Waals surface area contributed by atoms with Gasteiger partial charge in [-0.25, -0.2) is 0 Å². The summed E-state index contributed by atoms with van der Waals surface area (Å²) in [5, 5.41) is 0. The normalized spacial score (nSPS) is 34.8. The summed E-state index contributed by atoms with van der Waals surface area (Å²) in [5.74, 6) is 0. The maximum Gasteiger partial charge on any atom is 0.500 e. The van der Waals surface area contributed by atoms with Crippen LogP contribution in [-0.4, -0.2) is 91.7 Å². The molecule has 0 radical (unpaired) electrons. The third kappa shape index (κ3) is 10.3. The first-order chi connectivity index (χ1) is 15.7. The molecule has 0 amide bonds. The summed E-state index contributed by atoms with van der Waals surface area (Å²) in [6.07, 6.45) is 4.01. The first-order valence-corrected chi connectivity index (χ1v) is 23.7. The van der Waals surface area contributed by atoms with Gasteiger partial charge >= 0.3 is 25.9 Å². The molecule has 0 aromatic carbocycles. The van der Waals surface area contributed by atoms with E-state index in [-0.39, 0.29) is 6.29 Å². The SMILES string of the molecule is CO[Si](CC[Si]1(C)O[SiH](C)O[SiH](C)CCCCO[Si](C)(CCCOC2CCO2)O1)(OC)OC. The van der Waals surface area contributed by atoms with Crippen molar-refractivity contribution in [2.24, 2.45) is 0 Å². The van der Waals surface area contributed by atoms with Crippen molar-refractivity contribution in [3.63, 3.8) is 0 Å². The van der Waals surface area contributed by atoms with E-state index in [2.05, 4.69) is 26.2 Å². The summed E-state index contributed by atoms with van der Waals surface area (Å²) < 4.78 is 54.7. The molecule has 0 aromatic rings. The van der Waals surface area contributed by atoms with Gasteiger partial charge in [0.2, 0.25) is 0 Å². The Morgan fingerprint density at radius 1 is 0.970 bits per heavy atom. The van der Waals surface area contributed by atoms with E-state index in [1.54, 1.807) is 21.3 Å². The fourth-order valence-corrected chi connectivity index (χ4v) is 23.2. The predicted molar refractivity (Wildman–Crippen MR) is 139 cm³/mol. The lowest BCUT2D eigenvalue weighted by Crippen LogP contribution is -2.56. The second-order valence-electron chi connectivity index (χ2n) is 9.20. The van der Waals surface area contributed by atoms with Crippen molar-refractivity contribution >= 4 is 44.3 Å². The van der Waals surface area contributed by atoms with E-state index in [4.69, 9.17) is 39.5 Å². The van der Waals surface area contributed by atoms with Crippen LogP contribution in [0.5, 0.6) is 0 Å². The van der Waals surface area contributed by atoms with Crippen molar-refractivity contribution in [2.45, 2.75) is 82.3 Å². The van der Waals surface area contributed by atoms with Gasteiger partial charge in [0.1, 0.15) is 0 Å². The molecule has 14 heteroatoms. The Balaban J connectivity index is 2.12. The molecule has 2 heterocycles. The highest BCUT2D eigenvalue weighted by Gasteiger charge is 2.48. The summed E-state index contributed by atoms with van der Waals surface area (Å²) in [4.78, 5) is 0. The Kier molecular flexibility index (Phi) is 13.1. The van der Waals surface area contributed by atoms with Gasteiger partial charge in [-0.15, -0.1) is 0 Å². The molecule has 0 bridgehead atoms. The zero-order valence-electron chi connectivity index (χ0n) is 21.7. The summed E-state index contributed by atoms with van der Waals surface area (Å²) in [6.45, 7) is 10.9. The van der Waals surface area contributed by atoms with Gasteiger partial charge in [-0.05, 0) is 57.2 Å². The molecule has 5 atom stereocenters. The Morgan fingerprint density at radius 3 is 2.27 bits per heavy atom. The highest BCUT2D eigenvalue weighted by molar-refractivity contribution is 6.84. The molecule has 0 spiro atoms. The summed E-state index contributed by atoms with van der Waals surface area (Å²) in [5.41, 5.74) is 0. The van der Waals surface area contributed by atoms with Crippen molar-refractivity contribution in [2.75, 3.05) is 41.2 Å². The molecular weight excluding hydrogens is 513 g/mol. The summed E-state index contributed by atoms with van der Waals surface area (Å²) in [7, 11) is -6.02. The van der Waals surface area contributed by atoms with Gasteiger partial charge in [0.25, 0.3) is 9.28 Å². The lowest BCUT2D eigenvalue weighted by Gasteiger charge is -2.40. The third-order valence-corrected chi connectivity index (χ3v) is 24.1. The molecule has 2 fully saturated rings. The van der Waals surface area contributed by atoms with Gasteiger partial charge in [-0.3, -0.25) is 0 Å². The fraction of sp³-hybridized carbons (Fsp3) is 1.00. The minimum Gasteiger partial charge on any atom is -0.441 e.